The number of aromatic nitrogens is 2. The highest BCUT2D eigenvalue weighted by Crippen LogP contribution is 2.48. The van der Waals surface area contributed by atoms with E-state index >= 15 is 0 Å². The van der Waals surface area contributed by atoms with E-state index in [-0.39, 0.29) is 0 Å². The van der Waals surface area contributed by atoms with Crippen LogP contribution in [0.2, 0.25) is 0 Å². The smallest absolute Gasteiger partial charge is 0.353 e. The van der Waals surface area contributed by atoms with Crippen molar-refractivity contribution >= 4 is 7.60 Å². The fourth-order valence-electron chi connectivity index (χ4n) is 2.58. The predicted molar refractivity (Wildman–Crippen MR) is 87.6 cm³/mol. The molecular weight excluding hydrogens is 355 g/mol. The minimum Gasteiger partial charge on any atom is -0.375 e. The number of H-pyrrole nitrogens is 1. The molecule has 1 fully saturated rings. The Balaban J connectivity index is 2.35. The van der Waals surface area contributed by atoms with Crippen LogP contribution < -0.4 is 11.2 Å². The van der Waals surface area contributed by atoms with E-state index in [2.05, 4.69) is 4.98 Å². The molecule has 0 saturated carbocycles. The van der Waals surface area contributed by atoms with Crippen molar-refractivity contribution in [1.29, 1.82) is 0 Å². The third-order valence-electron chi connectivity index (χ3n) is 3.86. The summed E-state index contributed by atoms with van der Waals surface area (Å²) in [6, 6.07) is 1.20. The maximum Gasteiger partial charge on any atom is 0.353 e. The van der Waals surface area contributed by atoms with Crippen molar-refractivity contribution in [2.24, 2.45) is 0 Å². The van der Waals surface area contributed by atoms with Gasteiger partial charge in [0.05, 0.1) is 0 Å². The van der Waals surface area contributed by atoms with Gasteiger partial charge in [0.2, 0.25) is 0 Å². The van der Waals surface area contributed by atoms with Gasteiger partial charge in [-0.15, -0.1) is 0 Å². The van der Waals surface area contributed by atoms with Crippen LogP contribution in [0.5, 0.6) is 0 Å². The predicted octanol–water partition coefficient (Wildman–Crippen LogP) is 0.464. The number of aromatic amines is 1. The van der Waals surface area contributed by atoms with Gasteiger partial charge in [0.15, 0.2) is 6.23 Å². The lowest BCUT2D eigenvalue weighted by Crippen LogP contribution is -2.39. The van der Waals surface area contributed by atoms with Crippen LogP contribution in [0, 0.1) is 0 Å². The van der Waals surface area contributed by atoms with Crippen molar-refractivity contribution in [2.45, 2.75) is 24.5 Å². The Morgan fingerprint density at radius 3 is 2.32 bits per heavy atom. The highest BCUT2D eigenvalue weighted by atomic mass is 31.2. The SMILES string of the molecule is COC1C(/C=C/P(=O)(OC)OC)OC(n2ccc(=O)[nH]c2=O)C1OC. The number of rotatable bonds is 7. The van der Waals surface area contributed by atoms with E-state index in [1.165, 1.54) is 57.2 Å². The molecule has 10 nitrogen and oxygen atoms in total. The lowest BCUT2D eigenvalue weighted by Gasteiger charge is -2.21. The van der Waals surface area contributed by atoms with Gasteiger partial charge in [-0.1, -0.05) is 0 Å². The van der Waals surface area contributed by atoms with Gasteiger partial charge in [-0.3, -0.25) is 18.9 Å². The second-order valence-electron chi connectivity index (χ2n) is 5.16. The van der Waals surface area contributed by atoms with Crippen molar-refractivity contribution in [3.05, 3.63) is 45.0 Å². The van der Waals surface area contributed by atoms with Gasteiger partial charge in [-0.05, 0) is 6.08 Å². The molecule has 140 valence electrons. The van der Waals surface area contributed by atoms with Crippen LogP contribution >= 0.6 is 7.60 Å². The van der Waals surface area contributed by atoms with Gasteiger partial charge in [0.25, 0.3) is 5.56 Å². The number of methoxy groups -OCH3 is 2. The first-order valence-corrected chi connectivity index (χ1v) is 8.93. The van der Waals surface area contributed by atoms with Gasteiger partial charge < -0.3 is 23.3 Å². The molecule has 4 atom stereocenters. The Hall–Kier alpha value is -1.55. The van der Waals surface area contributed by atoms with Crippen molar-refractivity contribution in [2.75, 3.05) is 28.4 Å². The first-order valence-electron chi connectivity index (χ1n) is 7.32. The molecule has 0 amide bonds. The van der Waals surface area contributed by atoms with Crippen molar-refractivity contribution in [1.82, 2.24) is 9.55 Å². The van der Waals surface area contributed by atoms with E-state index < -0.39 is 43.4 Å². The van der Waals surface area contributed by atoms with Gasteiger partial charge in [-0.2, -0.15) is 0 Å². The summed E-state index contributed by atoms with van der Waals surface area (Å²) in [5, 5.41) is 0. The van der Waals surface area contributed by atoms with E-state index in [0.717, 1.165) is 0 Å². The number of hydrogen-bond donors (Lipinski definition) is 1. The fourth-order valence-corrected chi connectivity index (χ4v) is 3.35. The highest BCUT2D eigenvalue weighted by Gasteiger charge is 2.46. The van der Waals surface area contributed by atoms with Gasteiger partial charge in [-0.25, -0.2) is 4.79 Å². The Morgan fingerprint density at radius 1 is 1.16 bits per heavy atom. The van der Waals surface area contributed by atoms with Crippen LogP contribution in [-0.4, -0.2) is 56.3 Å². The molecule has 0 aliphatic carbocycles. The molecule has 1 saturated heterocycles. The van der Waals surface area contributed by atoms with Gasteiger partial charge >= 0.3 is 13.3 Å². The summed E-state index contributed by atoms with van der Waals surface area (Å²) >= 11 is 0. The standard InChI is InChI=1S/C14H21N2O8P/c1-20-11-9(6-8-25(19,22-3)23-4)24-13(12(11)21-2)16-7-5-10(17)15-14(16)18/h5-9,11-13H,1-4H3,(H,15,17,18)/b8-6+. The van der Waals surface area contributed by atoms with E-state index in [0.29, 0.717) is 0 Å². The van der Waals surface area contributed by atoms with Crippen molar-refractivity contribution < 1.29 is 27.8 Å². The summed E-state index contributed by atoms with van der Waals surface area (Å²) in [7, 11) is 2.06. The molecule has 0 spiro atoms. The topological polar surface area (TPSA) is 118 Å². The summed E-state index contributed by atoms with van der Waals surface area (Å²) in [6.07, 6.45) is 0.0205. The largest absolute Gasteiger partial charge is 0.375 e. The van der Waals surface area contributed by atoms with Crippen LogP contribution in [-0.2, 0) is 27.8 Å². The Bertz CT molecular complexity index is 765. The van der Waals surface area contributed by atoms with Crippen LogP contribution in [0.25, 0.3) is 0 Å². The maximum atomic E-state index is 12.1. The summed E-state index contributed by atoms with van der Waals surface area (Å²) < 4.78 is 39.7. The van der Waals surface area contributed by atoms with Crippen LogP contribution in [0.1, 0.15) is 6.23 Å². The molecule has 0 aromatic carbocycles. The van der Waals surface area contributed by atoms with Crippen LogP contribution in [0.15, 0.2) is 33.7 Å². The van der Waals surface area contributed by atoms with Gasteiger partial charge in [0, 0.05) is 46.5 Å². The van der Waals surface area contributed by atoms with E-state index in [1.54, 1.807) is 0 Å². The van der Waals surface area contributed by atoms with Crippen molar-refractivity contribution in [3.63, 3.8) is 0 Å². The highest BCUT2D eigenvalue weighted by molar-refractivity contribution is 7.57. The molecular formula is C14H21N2O8P. The lowest BCUT2D eigenvalue weighted by molar-refractivity contribution is -0.0536. The molecule has 2 rings (SSSR count). The number of nitrogens with zero attached hydrogens (tertiary/aromatic N) is 1. The summed E-state index contributed by atoms with van der Waals surface area (Å²) in [6.45, 7) is 0. The summed E-state index contributed by atoms with van der Waals surface area (Å²) in [4.78, 5) is 25.4. The summed E-state index contributed by atoms with van der Waals surface area (Å²) in [5.74, 6) is 1.26. The molecule has 1 aliphatic heterocycles. The van der Waals surface area contributed by atoms with E-state index in [9.17, 15) is 14.2 Å². The first-order chi connectivity index (χ1) is 11.9. The number of nitrogens with one attached hydrogen (secondary N) is 1. The molecule has 11 heteroatoms. The second kappa shape index (κ2) is 8.22. The molecule has 1 aromatic heterocycles. The Kier molecular flexibility index (Phi) is 6.50. The van der Waals surface area contributed by atoms with E-state index in [1.807, 2.05) is 0 Å². The third-order valence-corrected chi connectivity index (χ3v) is 5.42. The Labute approximate surface area is 143 Å². The molecule has 4 unspecified atom stereocenters. The maximum absolute atomic E-state index is 12.1. The van der Waals surface area contributed by atoms with Crippen LogP contribution in [0.4, 0.5) is 0 Å². The second-order valence-corrected chi connectivity index (χ2v) is 7.26. The van der Waals surface area contributed by atoms with Crippen molar-refractivity contribution in [3.8, 4) is 0 Å². The fraction of sp³-hybridized carbons (Fsp3) is 0.571. The average Bonchev–Trinajstić information content (AvgIpc) is 2.97. The Morgan fingerprint density at radius 2 is 1.80 bits per heavy atom. The molecule has 0 bridgehead atoms. The molecule has 2 heterocycles. The van der Waals surface area contributed by atoms with E-state index in [4.69, 9.17) is 23.3 Å². The molecule has 1 aliphatic rings. The normalized spacial score (nSPS) is 27.2. The number of ether oxygens (including phenoxy) is 3. The quantitative estimate of drug-likeness (QED) is 0.682. The zero-order valence-corrected chi connectivity index (χ0v) is 15.2. The van der Waals surface area contributed by atoms with Crippen LogP contribution in [0.3, 0.4) is 0 Å². The minimum atomic E-state index is -3.38. The summed E-state index contributed by atoms with van der Waals surface area (Å²) in [5.41, 5.74) is -1.16. The number of hydrogen-bond acceptors (Lipinski definition) is 8. The first kappa shape index (κ1) is 19.8. The zero-order chi connectivity index (χ0) is 18.6. The third kappa shape index (κ3) is 4.17. The monoisotopic (exact) mass is 376 g/mol. The molecule has 1 N–H and O–H groups in total. The molecule has 0 radical (unpaired) electrons. The average molecular weight is 376 g/mol. The molecule has 1 aromatic rings. The molecule has 25 heavy (non-hydrogen) atoms. The lowest BCUT2D eigenvalue weighted by atomic mass is 10.1. The van der Waals surface area contributed by atoms with Gasteiger partial charge in [0.1, 0.15) is 18.3 Å². The minimum absolute atomic E-state index is 0.519. The zero-order valence-electron chi connectivity index (χ0n) is 14.3.